The van der Waals surface area contributed by atoms with Gasteiger partial charge in [0, 0.05) is 26.7 Å². The molecular formula is C23H17BrN4. The molecule has 0 fully saturated rings. The monoisotopic (exact) mass is 428 g/mol. The largest absolute Gasteiger partial charge is 0.277 e. The van der Waals surface area contributed by atoms with Gasteiger partial charge in [0.05, 0.1) is 18.1 Å². The average molecular weight is 429 g/mol. The lowest BCUT2D eigenvalue weighted by Crippen LogP contribution is -2.02. The Morgan fingerprint density at radius 2 is 1.43 bits per heavy atom. The fourth-order valence-corrected chi connectivity index (χ4v) is 3.13. The molecule has 0 aliphatic carbocycles. The molecule has 3 aromatic carbocycles. The van der Waals surface area contributed by atoms with E-state index in [2.05, 4.69) is 36.3 Å². The molecule has 5 heteroatoms. The molecule has 136 valence electrons. The Morgan fingerprint density at radius 3 is 2.04 bits per heavy atom. The van der Waals surface area contributed by atoms with Gasteiger partial charge in [0.25, 0.3) is 0 Å². The van der Waals surface area contributed by atoms with Gasteiger partial charge in [-0.15, -0.1) is 5.10 Å². The fraction of sp³-hybridized carbons (Fsp3) is 0. The zero-order valence-electron chi connectivity index (χ0n) is 15.0. The quantitative estimate of drug-likeness (QED) is 0.321. The molecule has 0 bridgehead atoms. The molecule has 0 unspecified atom stereocenters. The van der Waals surface area contributed by atoms with Crippen molar-refractivity contribution in [3.63, 3.8) is 0 Å². The van der Waals surface area contributed by atoms with Crippen LogP contribution in [0, 0.1) is 0 Å². The van der Waals surface area contributed by atoms with E-state index in [9.17, 15) is 0 Å². The van der Waals surface area contributed by atoms with Crippen LogP contribution in [-0.4, -0.2) is 22.1 Å². The molecule has 0 spiro atoms. The summed E-state index contributed by atoms with van der Waals surface area (Å²) in [4.78, 5) is 0. The van der Waals surface area contributed by atoms with Crippen molar-refractivity contribution in [1.82, 2.24) is 10.2 Å². The van der Waals surface area contributed by atoms with Crippen molar-refractivity contribution in [2.45, 2.75) is 0 Å². The van der Waals surface area contributed by atoms with E-state index in [1.165, 1.54) is 0 Å². The van der Waals surface area contributed by atoms with Crippen LogP contribution in [0.3, 0.4) is 0 Å². The zero-order chi connectivity index (χ0) is 19.2. The lowest BCUT2D eigenvalue weighted by atomic mass is 10.0. The summed E-state index contributed by atoms with van der Waals surface area (Å²) in [5, 5.41) is 16.1. The number of benzene rings is 3. The van der Waals surface area contributed by atoms with E-state index in [0.29, 0.717) is 0 Å². The summed E-state index contributed by atoms with van der Waals surface area (Å²) in [6.45, 7) is 0. The minimum atomic E-state index is 0.825. The second kappa shape index (κ2) is 8.59. The third-order valence-corrected chi connectivity index (χ3v) is 4.78. The Labute approximate surface area is 171 Å². The maximum atomic E-state index is 4.52. The maximum absolute atomic E-state index is 4.52. The predicted octanol–water partition coefficient (Wildman–Crippen LogP) is 5.71. The third-order valence-electron chi connectivity index (χ3n) is 4.25. The summed E-state index contributed by atoms with van der Waals surface area (Å²) < 4.78 is 1.03. The predicted molar refractivity (Wildman–Crippen MR) is 118 cm³/mol. The van der Waals surface area contributed by atoms with Gasteiger partial charge in [0.15, 0.2) is 0 Å². The molecule has 4 rings (SSSR count). The van der Waals surface area contributed by atoms with Gasteiger partial charge >= 0.3 is 0 Å². The van der Waals surface area contributed by atoms with E-state index in [1.807, 2.05) is 84.9 Å². The van der Waals surface area contributed by atoms with E-state index in [0.717, 1.165) is 38.1 Å². The molecule has 0 radical (unpaired) electrons. The Kier molecular flexibility index (Phi) is 5.54. The standard InChI is InChI=1S/C23H17BrN4/c24-21-13-11-19(12-14-21)23-20(16-26-28-23)15-25-27-22(17-7-3-1-4-8-17)18-9-5-2-6-10-18/h1-16H,(H,26,28)/b25-15-. The van der Waals surface area contributed by atoms with Crippen molar-refractivity contribution in [3.05, 3.63) is 112 Å². The number of hydrogen-bond donors (Lipinski definition) is 1. The molecule has 0 atom stereocenters. The molecule has 4 aromatic rings. The van der Waals surface area contributed by atoms with E-state index in [4.69, 9.17) is 0 Å². The molecule has 1 aromatic heterocycles. The van der Waals surface area contributed by atoms with Crippen LogP contribution >= 0.6 is 15.9 Å². The van der Waals surface area contributed by atoms with Crippen molar-refractivity contribution >= 4 is 27.9 Å². The van der Waals surface area contributed by atoms with Gasteiger partial charge in [-0.1, -0.05) is 88.7 Å². The zero-order valence-corrected chi connectivity index (χ0v) is 16.5. The van der Waals surface area contributed by atoms with Gasteiger partial charge in [0.1, 0.15) is 5.71 Å². The van der Waals surface area contributed by atoms with Crippen LogP contribution in [0.2, 0.25) is 0 Å². The van der Waals surface area contributed by atoms with Crippen molar-refractivity contribution in [3.8, 4) is 11.3 Å². The van der Waals surface area contributed by atoms with Crippen LogP contribution in [0.15, 0.2) is 106 Å². The van der Waals surface area contributed by atoms with Crippen molar-refractivity contribution in [2.75, 3.05) is 0 Å². The van der Waals surface area contributed by atoms with Crippen LogP contribution in [-0.2, 0) is 0 Å². The van der Waals surface area contributed by atoms with Crippen LogP contribution in [0.4, 0.5) is 0 Å². The Bertz CT molecular complexity index is 1060. The van der Waals surface area contributed by atoms with Crippen LogP contribution < -0.4 is 0 Å². The first-order chi connectivity index (χ1) is 13.8. The molecule has 28 heavy (non-hydrogen) atoms. The summed E-state index contributed by atoms with van der Waals surface area (Å²) in [6, 6.07) is 28.2. The normalized spacial score (nSPS) is 10.9. The van der Waals surface area contributed by atoms with E-state index in [-0.39, 0.29) is 0 Å². The van der Waals surface area contributed by atoms with Crippen LogP contribution in [0.25, 0.3) is 11.3 Å². The molecular weight excluding hydrogens is 412 g/mol. The summed E-state index contributed by atoms with van der Waals surface area (Å²) in [5.74, 6) is 0. The fourth-order valence-electron chi connectivity index (χ4n) is 2.86. The number of hydrogen-bond acceptors (Lipinski definition) is 3. The maximum Gasteiger partial charge on any atom is 0.100 e. The molecule has 0 saturated carbocycles. The van der Waals surface area contributed by atoms with Crippen molar-refractivity contribution in [1.29, 1.82) is 0 Å². The van der Waals surface area contributed by atoms with Gasteiger partial charge in [-0.05, 0) is 12.1 Å². The Morgan fingerprint density at radius 1 is 0.821 bits per heavy atom. The van der Waals surface area contributed by atoms with E-state index in [1.54, 1.807) is 12.4 Å². The highest BCUT2D eigenvalue weighted by atomic mass is 79.9. The number of aromatic nitrogens is 2. The highest BCUT2D eigenvalue weighted by Crippen LogP contribution is 2.22. The number of H-pyrrole nitrogens is 1. The number of rotatable bonds is 5. The third kappa shape index (κ3) is 4.15. The van der Waals surface area contributed by atoms with Gasteiger partial charge in [-0.2, -0.15) is 10.2 Å². The number of halogens is 1. The number of nitrogens with one attached hydrogen (secondary N) is 1. The number of nitrogens with zero attached hydrogens (tertiary/aromatic N) is 3. The van der Waals surface area contributed by atoms with Crippen molar-refractivity contribution < 1.29 is 0 Å². The molecule has 0 amide bonds. The first kappa shape index (κ1) is 18.1. The first-order valence-electron chi connectivity index (χ1n) is 8.82. The summed E-state index contributed by atoms with van der Waals surface area (Å²) in [5.41, 5.74) is 5.69. The second-order valence-corrected chi connectivity index (χ2v) is 7.05. The summed E-state index contributed by atoms with van der Waals surface area (Å²) >= 11 is 3.46. The lowest BCUT2D eigenvalue weighted by Gasteiger charge is -2.05. The molecule has 0 saturated heterocycles. The van der Waals surface area contributed by atoms with Crippen LogP contribution in [0.1, 0.15) is 16.7 Å². The number of aromatic amines is 1. The molecule has 4 nitrogen and oxygen atoms in total. The first-order valence-corrected chi connectivity index (χ1v) is 9.62. The van der Waals surface area contributed by atoms with E-state index < -0.39 is 0 Å². The minimum Gasteiger partial charge on any atom is -0.277 e. The molecule has 1 N–H and O–H groups in total. The minimum absolute atomic E-state index is 0.825. The Balaban J connectivity index is 1.67. The SMILES string of the molecule is Brc1ccc(-c2[nH]ncc2/C=N\N=C(c2ccccc2)c2ccccc2)cc1. The highest BCUT2D eigenvalue weighted by Gasteiger charge is 2.07. The summed E-state index contributed by atoms with van der Waals surface area (Å²) in [7, 11) is 0. The van der Waals surface area contributed by atoms with Gasteiger partial charge in [-0.25, -0.2) is 0 Å². The topological polar surface area (TPSA) is 53.4 Å². The summed E-state index contributed by atoms with van der Waals surface area (Å²) in [6.07, 6.45) is 3.48. The van der Waals surface area contributed by atoms with Gasteiger partial charge in [0.2, 0.25) is 0 Å². The highest BCUT2D eigenvalue weighted by molar-refractivity contribution is 9.10. The molecule has 0 aliphatic rings. The Hall–Kier alpha value is -3.31. The lowest BCUT2D eigenvalue weighted by molar-refractivity contribution is 1.10. The average Bonchev–Trinajstić information content (AvgIpc) is 3.21. The van der Waals surface area contributed by atoms with Crippen LogP contribution in [0.5, 0.6) is 0 Å². The van der Waals surface area contributed by atoms with E-state index >= 15 is 0 Å². The van der Waals surface area contributed by atoms with Gasteiger partial charge in [-0.3, -0.25) is 5.10 Å². The van der Waals surface area contributed by atoms with Gasteiger partial charge < -0.3 is 0 Å². The van der Waals surface area contributed by atoms with Crippen molar-refractivity contribution in [2.24, 2.45) is 10.2 Å². The smallest absolute Gasteiger partial charge is 0.100 e. The molecule has 0 aliphatic heterocycles. The second-order valence-electron chi connectivity index (χ2n) is 6.13. The molecule has 1 heterocycles.